The van der Waals surface area contributed by atoms with E-state index in [1.807, 2.05) is 12.1 Å². The number of hydrogen-bond acceptors (Lipinski definition) is 6. The molecule has 1 atom stereocenters. The number of imidazole rings is 1. The molecule has 3 heterocycles. The van der Waals surface area contributed by atoms with Crippen LogP contribution in [0.4, 0.5) is 0 Å². The van der Waals surface area contributed by atoms with Crippen molar-refractivity contribution in [2.45, 2.75) is 24.3 Å². The second kappa shape index (κ2) is 8.71. The third-order valence-electron chi connectivity index (χ3n) is 5.50. The van der Waals surface area contributed by atoms with E-state index in [1.54, 1.807) is 41.9 Å². The van der Waals surface area contributed by atoms with E-state index < -0.39 is 10.0 Å². The van der Waals surface area contributed by atoms with Gasteiger partial charge in [0.25, 0.3) is 0 Å². The van der Waals surface area contributed by atoms with Crippen molar-refractivity contribution in [3.8, 4) is 5.75 Å². The van der Waals surface area contributed by atoms with Crippen LogP contribution < -0.4 is 4.74 Å². The zero-order chi connectivity index (χ0) is 21.1. The van der Waals surface area contributed by atoms with Gasteiger partial charge in [0.1, 0.15) is 17.1 Å². The van der Waals surface area contributed by atoms with Gasteiger partial charge in [0.15, 0.2) is 5.65 Å². The number of nitrogens with zero attached hydrogens (tertiary/aromatic N) is 4. The van der Waals surface area contributed by atoms with E-state index in [1.165, 1.54) is 7.11 Å². The standard InChI is InChI=1S/C21H26N4O4S/c1-28-12-11-25-20(23-19-7-4-9-22-21(19)25)13-16-8-10-24(15-16)30(26,27)18-6-3-5-17(14-18)29-2/h3-7,9,14,16H,8,10-13,15H2,1-2H3. The molecule has 1 aliphatic heterocycles. The summed E-state index contributed by atoms with van der Waals surface area (Å²) in [5.41, 5.74) is 1.69. The highest BCUT2D eigenvalue weighted by Crippen LogP contribution is 2.28. The van der Waals surface area contributed by atoms with Gasteiger partial charge in [-0.25, -0.2) is 18.4 Å². The molecule has 1 aliphatic rings. The number of aromatic nitrogens is 3. The number of sulfonamides is 1. The predicted octanol–water partition coefficient (Wildman–Crippen LogP) is 2.34. The first-order valence-electron chi connectivity index (χ1n) is 9.96. The zero-order valence-electron chi connectivity index (χ0n) is 17.2. The van der Waals surface area contributed by atoms with E-state index in [9.17, 15) is 8.42 Å². The van der Waals surface area contributed by atoms with Gasteiger partial charge < -0.3 is 14.0 Å². The van der Waals surface area contributed by atoms with Crippen LogP contribution in [0.5, 0.6) is 5.75 Å². The van der Waals surface area contributed by atoms with Gasteiger partial charge >= 0.3 is 0 Å². The lowest BCUT2D eigenvalue weighted by Crippen LogP contribution is -2.29. The molecule has 0 bridgehead atoms. The van der Waals surface area contributed by atoms with Gasteiger partial charge in [0.2, 0.25) is 10.0 Å². The fraction of sp³-hybridized carbons (Fsp3) is 0.429. The summed E-state index contributed by atoms with van der Waals surface area (Å²) in [6, 6.07) is 10.4. The largest absolute Gasteiger partial charge is 0.497 e. The molecule has 0 radical (unpaired) electrons. The number of ether oxygens (including phenoxy) is 2. The second-order valence-electron chi connectivity index (χ2n) is 7.42. The van der Waals surface area contributed by atoms with Crippen LogP contribution in [0.15, 0.2) is 47.5 Å². The Morgan fingerprint density at radius 1 is 1.20 bits per heavy atom. The van der Waals surface area contributed by atoms with Crippen LogP contribution in [-0.2, 0) is 27.7 Å². The lowest BCUT2D eigenvalue weighted by atomic mass is 10.0. The maximum atomic E-state index is 13.1. The summed E-state index contributed by atoms with van der Waals surface area (Å²) in [5, 5.41) is 0. The summed E-state index contributed by atoms with van der Waals surface area (Å²) < 4.78 is 40.2. The summed E-state index contributed by atoms with van der Waals surface area (Å²) in [6.45, 7) is 2.20. The molecule has 0 spiro atoms. The molecule has 9 heteroatoms. The minimum atomic E-state index is -3.55. The maximum Gasteiger partial charge on any atom is 0.243 e. The summed E-state index contributed by atoms with van der Waals surface area (Å²) in [7, 11) is -0.351. The van der Waals surface area contributed by atoms with Crippen molar-refractivity contribution in [3.05, 3.63) is 48.4 Å². The van der Waals surface area contributed by atoms with Crippen LogP contribution in [0.1, 0.15) is 12.2 Å². The van der Waals surface area contributed by atoms with Crippen molar-refractivity contribution in [1.29, 1.82) is 0 Å². The van der Waals surface area contributed by atoms with Crippen LogP contribution in [0.3, 0.4) is 0 Å². The number of pyridine rings is 1. The quantitative estimate of drug-likeness (QED) is 0.545. The van der Waals surface area contributed by atoms with Crippen molar-refractivity contribution in [1.82, 2.24) is 18.8 Å². The van der Waals surface area contributed by atoms with Crippen LogP contribution in [0.25, 0.3) is 11.2 Å². The van der Waals surface area contributed by atoms with Gasteiger partial charge in [0, 0.05) is 45.4 Å². The van der Waals surface area contributed by atoms with Crippen molar-refractivity contribution in [2.75, 3.05) is 33.9 Å². The minimum Gasteiger partial charge on any atom is -0.497 e. The first kappa shape index (κ1) is 20.8. The summed E-state index contributed by atoms with van der Waals surface area (Å²) >= 11 is 0. The van der Waals surface area contributed by atoms with Crippen molar-refractivity contribution in [3.63, 3.8) is 0 Å². The number of rotatable bonds is 8. The Hall–Kier alpha value is -2.49. The molecule has 2 aromatic heterocycles. The molecule has 0 saturated carbocycles. The van der Waals surface area contributed by atoms with Crippen molar-refractivity contribution in [2.24, 2.45) is 5.92 Å². The Balaban J connectivity index is 1.53. The SMILES string of the molecule is COCCn1c(CC2CCN(S(=O)(=O)c3cccc(OC)c3)C2)nc2cccnc21. The Labute approximate surface area is 176 Å². The highest BCUT2D eigenvalue weighted by atomic mass is 32.2. The minimum absolute atomic E-state index is 0.198. The number of fused-ring (bicyclic) bond motifs is 1. The highest BCUT2D eigenvalue weighted by Gasteiger charge is 2.33. The van der Waals surface area contributed by atoms with Gasteiger partial charge in [-0.3, -0.25) is 0 Å². The molecule has 0 aliphatic carbocycles. The van der Waals surface area contributed by atoms with Crippen molar-refractivity contribution < 1.29 is 17.9 Å². The molecular weight excluding hydrogens is 404 g/mol. The van der Waals surface area contributed by atoms with Crippen molar-refractivity contribution >= 4 is 21.2 Å². The lowest BCUT2D eigenvalue weighted by Gasteiger charge is -2.17. The smallest absolute Gasteiger partial charge is 0.243 e. The van der Waals surface area contributed by atoms with E-state index in [4.69, 9.17) is 14.5 Å². The number of methoxy groups -OCH3 is 2. The normalized spacial score (nSPS) is 17.6. The van der Waals surface area contributed by atoms with Gasteiger partial charge in [-0.05, 0) is 36.6 Å². The molecule has 8 nitrogen and oxygen atoms in total. The Morgan fingerprint density at radius 2 is 2.07 bits per heavy atom. The molecule has 30 heavy (non-hydrogen) atoms. The molecular formula is C21H26N4O4S. The molecule has 1 saturated heterocycles. The van der Waals surface area contributed by atoms with Gasteiger partial charge in [-0.1, -0.05) is 6.07 Å². The monoisotopic (exact) mass is 430 g/mol. The van der Waals surface area contributed by atoms with E-state index >= 15 is 0 Å². The highest BCUT2D eigenvalue weighted by molar-refractivity contribution is 7.89. The Bertz CT molecular complexity index is 1130. The Morgan fingerprint density at radius 3 is 2.87 bits per heavy atom. The van der Waals surface area contributed by atoms with Gasteiger partial charge in [0.05, 0.1) is 18.6 Å². The fourth-order valence-corrected chi connectivity index (χ4v) is 5.50. The molecule has 1 fully saturated rings. The fourth-order valence-electron chi connectivity index (χ4n) is 3.93. The summed E-state index contributed by atoms with van der Waals surface area (Å²) in [5.74, 6) is 1.65. The van der Waals surface area contributed by atoms with E-state index in [2.05, 4.69) is 9.55 Å². The number of benzene rings is 1. The molecule has 0 N–H and O–H groups in total. The molecule has 3 aromatic rings. The topological polar surface area (TPSA) is 86.5 Å². The predicted molar refractivity (Wildman–Crippen MR) is 113 cm³/mol. The molecule has 0 amide bonds. The third kappa shape index (κ3) is 4.05. The maximum absolute atomic E-state index is 13.1. The molecule has 4 rings (SSSR count). The van der Waals surface area contributed by atoms with Crippen LogP contribution >= 0.6 is 0 Å². The zero-order valence-corrected chi connectivity index (χ0v) is 18.0. The Kier molecular flexibility index (Phi) is 6.03. The third-order valence-corrected chi connectivity index (χ3v) is 7.36. The first-order chi connectivity index (χ1) is 14.5. The van der Waals surface area contributed by atoms with Crippen LogP contribution in [0.2, 0.25) is 0 Å². The summed E-state index contributed by atoms with van der Waals surface area (Å²) in [4.78, 5) is 9.49. The van der Waals surface area contributed by atoms with Gasteiger partial charge in [-0.15, -0.1) is 0 Å². The molecule has 1 aromatic carbocycles. The first-order valence-corrected chi connectivity index (χ1v) is 11.4. The van der Waals surface area contributed by atoms with E-state index in [0.717, 1.165) is 23.4 Å². The van der Waals surface area contributed by atoms with E-state index in [-0.39, 0.29) is 10.8 Å². The lowest BCUT2D eigenvalue weighted by molar-refractivity contribution is 0.187. The van der Waals surface area contributed by atoms with Crippen LogP contribution in [0, 0.1) is 5.92 Å². The van der Waals surface area contributed by atoms with E-state index in [0.29, 0.717) is 38.4 Å². The summed E-state index contributed by atoms with van der Waals surface area (Å²) in [6.07, 6.45) is 3.25. The van der Waals surface area contributed by atoms with Crippen LogP contribution in [-0.4, -0.2) is 61.2 Å². The average molecular weight is 431 g/mol. The molecule has 1 unspecified atom stereocenters. The van der Waals surface area contributed by atoms with Gasteiger partial charge in [-0.2, -0.15) is 4.31 Å². The number of hydrogen-bond donors (Lipinski definition) is 0. The molecule has 160 valence electrons. The second-order valence-corrected chi connectivity index (χ2v) is 9.36. The average Bonchev–Trinajstić information content (AvgIpc) is 3.37.